The molecule has 2 N–H and O–H groups in total. The van der Waals surface area contributed by atoms with E-state index in [1.54, 1.807) is 32.2 Å². The number of hydrogen-bond donors (Lipinski definition) is 2. The average molecular weight is 320 g/mol. The second kappa shape index (κ2) is 5.18. The van der Waals surface area contributed by atoms with E-state index in [4.69, 9.17) is 5.11 Å². The summed E-state index contributed by atoms with van der Waals surface area (Å²) in [4.78, 5) is 22.9. The number of hydrogen-bond acceptors (Lipinski definition) is 3. The number of halogens is 1. The van der Waals surface area contributed by atoms with E-state index in [2.05, 4.69) is 21.2 Å². The van der Waals surface area contributed by atoms with Gasteiger partial charge < -0.3 is 10.4 Å². The zero-order valence-corrected chi connectivity index (χ0v) is 12.2. The van der Waals surface area contributed by atoms with Crippen LogP contribution in [0.5, 0.6) is 0 Å². The van der Waals surface area contributed by atoms with Crippen molar-refractivity contribution < 1.29 is 14.7 Å². The van der Waals surface area contributed by atoms with Crippen molar-refractivity contribution in [3.05, 3.63) is 20.8 Å². The Hall–Kier alpha value is -0.880. The summed E-state index contributed by atoms with van der Waals surface area (Å²) < 4.78 is 0.838. The first kappa shape index (κ1) is 14.2. The van der Waals surface area contributed by atoms with Gasteiger partial charge in [0.15, 0.2) is 0 Å². The van der Waals surface area contributed by atoms with Gasteiger partial charge in [-0.25, -0.2) is 4.79 Å². The van der Waals surface area contributed by atoms with E-state index in [1.165, 1.54) is 11.3 Å². The third kappa shape index (κ3) is 3.81. The molecule has 1 unspecified atom stereocenters. The molecule has 1 aromatic heterocycles. The number of carbonyl (C=O) groups is 2. The fourth-order valence-electron chi connectivity index (χ4n) is 1.29. The van der Waals surface area contributed by atoms with Gasteiger partial charge in [-0.2, -0.15) is 0 Å². The van der Waals surface area contributed by atoms with Crippen molar-refractivity contribution in [2.24, 2.45) is 5.41 Å². The molecule has 1 aromatic rings. The normalized spacial score (nSPS) is 13.2. The molecule has 0 bridgehead atoms. The Morgan fingerprint density at radius 3 is 2.41 bits per heavy atom. The van der Waals surface area contributed by atoms with Crippen molar-refractivity contribution in [2.45, 2.75) is 26.8 Å². The van der Waals surface area contributed by atoms with E-state index >= 15 is 0 Å². The van der Waals surface area contributed by atoms with Crippen molar-refractivity contribution in [3.63, 3.8) is 0 Å². The van der Waals surface area contributed by atoms with Crippen LogP contribution >= 0.6 is 27.3 Å². The minimum absolute atomic E-state index is 0.366. The fourth-order valence-corrected chi connectivity index (χ4v) is 2.43. The van der Waals surface area contributed by atoms with Gasteiger partial charge in [-0.05, 0) is 27.4 Å². The quantitative estimate of drug-likeness (QED) is 0.900. The Labute approximate surface area is 112 Å². The van der Waals surface area contributed by atoms with E-state index in [0.717, 1.165) is 3.79 Å². The molecule has 1 heterocycles. The molecule has 0 saturated carbocycles. The second-order valence-corrected chi connectivity index (χ2v) is 7.04. The number of thiophene rings is 1. The lowest BCUT2D eigenvalue weighted by Crippen LogP contribution is -2.49. The first-order chi connectivity index (χ1) is 7.71. The van der Waals surface area contributed by atoms with Gasteiger partial charge in [0, 0.05) is 5.38 Å². The number of amides is 1. The van der Waals surface area contributed by atoms with Crippen LogP contribution in [0.25, 0.3) is 0 Å². The van der Waals surface area contributed by atoms with Crippen LogP contribution in [0, 0.1) is 5.41 Å². The van der Waals surface area contributed by atoms with Crippen molar-refractivity contribution in [2.75, 3.05) is 0 Å². The summed E-state index contributed by atoms with van der Waals surface area (Å²) in [5.74, 6) is -1.39. The summed E-state index contributed by atoms with van der Waals surface area (Å²) in [5, 5.41) is 13.3. The van der Waals surface area contributed by atoms with Gasteiger partial charge in [0.05, 0.1) is 9.35 Å². The third-order valence-electron chi connectivity index (χ3n) is 2.22. The van der Waals surface area contributed by atoms with Crippen LogP contribution in [-0.4, -0.2) is 23.0 Å². The first-order valence-electron chi connectivity index (χ1n) is 4.99. The van der Waals surface area contributed by atoms with Gasteiger partial charge >= 0.3 is 5.97 Å². The maximum atomic E-state index is 11.8. The predicted molar refractivity (Wildman–Crippen MR) is 70.4 cm³/mol. The number of carboxylic acids is 1. The Morgan fingerprint density at radius 1 is 1.47 bits per heavy atom. The molecular formula is C11H14BrNO3S. The summed E-state index contributed by atoms with van der Waals surface area (Å²) in [6.45, 7) is 5.32. The molecule has 94 valence electrons. The van der Waals surface area contributed by atoms with Gasteiger partial charge in [-0.3, -0.25) is 4.79 Å². The predicted octanol–water partition coefficient (Wildman–Crippen LogP) is 2.74. The largest absolute Gasteiger partial charge is 0.480 e. The molecule has 4 nitrogen and oxygen atoms in total. The van der Waals surface area contributed by atoms with Crippen LogP contribution in [0.3, 0.4) is 0 Å². The lowest BCUT2D eigenvalue weighted by molar-refractivity contribution is -0.142. The highest BCUT2D eigenvalue weighted by molar-refractivity contribution is 9.11. The summed E-state index contributed by atoms with van der Waals surface area (Å²) in [6, 6.07) is 0.760. The van der Waals surface area contributed by atoms with E-state index in [1.807, 2.05) is 0 Å². The molecule has 1 rings (SSSR count). The van der Waals surface area contributed by atoms with Crippen molar-refractivity contribution >= 4 is 39.1 Å². The minimum atomic E-state index is -1.03. The minimum Gasteiger partial charge on any atom is -0.480 e. The summed E-state index contributed by atoms with van der Waals surface area (Å²) in [7, 11) is 0. The Morgan fingerprint density at radius 2 is 2.06 bits per heavy atom. The Kier molecular flexibility index (Phi) is 4.32. The molecule has 1 atom stereocenters. The molecule has 0 aromatic carbocycles. The van der Waals surface area contributed by atoms with Crippen molar-refractivity contribution in [3.8, 4) is 0 Å². The smallest absolute Gasteiger partial charge is 0.326 e. The molecular weight excluding hydrogens is 306 g/mol. The Balaban J connectivity index is 2.82. The fraction of sp³-hybridized carbons (Fsp3) is 0.455. The molecule has 1 amide bonds. The van der Waals surface area contributed by atoms with E-state index in [9.17, 15) is 9.59 Å². The van der Waals surface area contributed by atoms with E-state index in [0.29, 0.717) is 5.56 Å². The highest BCUT2D eigenvalue weighted by Gasteiger charge is 2.32. The zero-order chi connectivity index (χ0) is 13.2. The maximum Gasteiger partial charge on any atom is 0.326 e. The van der Waals surface area contributed by atoms with Gasteiger partial charge in [0.25, 0.3) is 5.91 Å². The van der Waals surface area contributed by atoms with Crippen molar-refractivity contribution in [1.82, 2.24) is 5.32 Å². The number of carboxylic acid groups (broad SMARTS) is 1. The maximum absolute atomic E-state index is 11.8. The topological polar surface area (TPSA) is 66.4 Å². The highest BCUT2D eigenvalue weighted by Crippen LogP contribution is 2.23. The van der Waals surface area contributed by atoms with Crippen LogP contribution in [0.2, 0.25) is 0 Å². The molecule has 0 aliphatic rings. The number of nitrogens with one attached hydrogen (secondary N) is 1. The molecule has 0 fully saturated rings. The molecule has 0 radical (unpaired) electrons. The second-order valence-electron chi connectivity index (χ2n) is 4.75. The Bertz CT molecular complexity index is 436. The lowest BCUT2D eigenvalue weighted by Gasteiger charge is -2.27. The molecule has 0 spiro atoms. The monoisotopic (exact) mass is 319 g/mol. The van der Waals surface area contributed by atoms with Gasteiger partial charge in [0.2, 0.25) is 0 Å². The van der Waals surface area contributed by atoms with Crippen LogP contribution in [0.15, 0.2) is 15.2 Å². The number of rotatable bonds is 3. The highest BCUT2D eigenvalue weighted by atomic mass is 79.9. The van der Waals surface area contributed by atoms with Gasteiger partial charge in [-0.1, -0.05) is 20.8 Å². The molecule has 0 aliphatic carbocycles. The van der Waals surface area contributed by atoms with Crippen LogP contribution in [-0.2, 0) is 4.79 Å². The molecule has 17 heavy (non-hydrogen) atoms. The van der Waals surface area contributed by atoms with E-state index < -0.39 is 17.4 Å². The first-order valence-corrected chi connectivity index (χ1v) is 6.67. The van der Waals surface area contributed by atoms with E-state index in [-0.39, 0.29) is 5.91 Å². The van der Waals surface area contributed by atoms with Crippen LogP contribution < -0.4 is 5.32 Å². The number of carbonyl (C=O) groups excluding carboxylic acids is 1. The zero-order valence-electron chi connectivity index (χ0n) is 9.78. The third-order valence-corrected chi connectivity index (χ3v) is 3.72. The van der Waals surface area contributed by atoms with Gasteiger partial charge in [-0.15, -0.1) is 11.3 Å². The summed E-state index contributed by atoms with van der Waals surface area (Å²) >= 11 is 4.64. The molecule has 0 aliphatic heterocycles. The lowest BCUT2D eigenvalue weighted by atomic mass is 9.86. The molecule has 0 saturated heterocycles. The van der Waals surface area contributed by atoms with Crippen molar-refractivity contribution in [1.29, 1.82) is 0 Å². The average Bonchev–Trinajstić information content (AvgIpc) is 2.58. The van der Waals surface area contributed by atoms with Gasteiger partial charge in [0.1, 0.15) is 6.04 Å². The van der Waals surface area contributed by atoms with Crippen LogP contribution in [0.4, 0.5) is 0 Å². The standard InChI is InChI=1S/C11H14BrNO3S/c1-11(2,3)8(10(15)16)13-9(14)6-4-7(12)17-5-6/h4-5,8H,1-3H3,(H,13,14)(H,15,16). The number of aliphatic carboxylic acids is 1. The SMILES string of the molecule is CC(C)(C)C(NC(=O)c1csc(Br)c1)C(=O)O. The van der Waals surface area contributed by atoms with Crippen LogP contribution in [0.1, 0.15) is 31.1 Å². The summed E-state index contributed by atoms with van der Waals surface area (Å²) in [5.41, 5.74) is -0.0632. The summed E-state index contributed by atoms with van der Waals surface area (Å²) in [6.07, 6.45) is 0. The molecule has 6 heteroatoms.